The maximum Gasteiger partial charge on any atom is 0.239 e. The van der Waals surface area contributed by atoms with Gasteiger partial charge in [0.1, 0.15) is 0 Å². The molecular weight excluding hydrogens is 362 g/mol. The molecule has 6 nitrogen and oxygen atoms in total. The summed E-state index contributed by atoms with van der Waals surface area (Å²) in [5.74, 6) is 0.202. The molecule has 0 spiro atoms. The van der Waals surface area contributed by atoms with Crippen molar-refractivity contribution in [1.29, 1.82) is 0 Å². The molecule has 0 unspecified atom stereocenters. The molecule has 2 aliphatic rings. The fraction of sp³-hybridized carbons (Fsp3) is 0.650. The Morgan fingerprint density at radius 3 is 2.70 bits per heavy atom. The first-order valence-corrected chi connectivity index (χ1v) is 10.7. The van der Waals surface area contributed by atoms with Crippen LogP contribution in [0.3, 0.4) is 0 Å². The summed E-state index contributed by atoms with van der Waals surface area (Å²) in [6.07, 6.45) is 4.64. The van der Waals surface area contributed by atoms with E-state index in [1.54, 1.807) is 18.4 Å². The summed E-state index contributed by atoms with van der Waals surface area (Å²) >= 11 is 1.59. The van der Waals surface area contributed by atoms with Crippen molar-refractivity contribution in [2.24, 2.45) is 11.8 Å². The van der Waals surface area contributed by atoms with Gasteiger partial charge in [0, 0.05) is 30.9 Å². The number of nitrogens with zero attached hydrogens (tertiary/aromatic N) is 2. The van der Waals surface area contributed by atoms with Gasteiger partial charge in [-0.3, -0.25) is 14.4 Å². The molecular formula is C20H29N3O3S. The van der Waals surface area contributed by atoms with Crippen molar-refractivity contribution >= 4 is 29.1 Å². The summed E-state index contributed by atoms with van der Waals surface area (Å²) in [6.45, 7) is 3.26. The smallest absolute Gasteiger partial charge is 0.239 e. The first-order chi connectivity index (χ1) is 12.9. The fourth-order valence-corrected chi connectivity index (χ4v) is 4.71. The van der Waals surface area contributed by atoms with Crippen LogP contribution in [-0.2, 0) is 20.9 Å². The van der Waals surface area contributed by atoms with Crippen molar-refractivity contribution in [2.75, 3.05) is 20.1 Å². The number of hydrogen-bond donors (Lipinski definition) is 1. The molecule has 27 heavy (non-hydrogen) atoms. The van der Waals surface area contributed by atoms with Gasteiger partial charge in [0.15, 0.2) is 0 Å². The normalized spacial score (nSPS) is 25.5. The molecule has 1 aromatic rings. The molecule has 1 atom stereocenters. The number of hydrogen-bond acceptors (Lipinski definition) is 4. The van der Waals surface area contributed by atoms with Crippen LogP contribution in [0.25, 0.3) is 0 Å². The van der Waals surface area contributed by atoms with Gasteiger partial charge in [-0.25, -0.2) is 0 Å². The van der Waals surface area contributed by atoms with Gasteiger partial charge in [0.25, 0.3) is 0 Å². The van der Waals surface area contributed by atoms with Crippen molar-refractivity contribution < 1.29 is 14.4 Å². The van der Waals surface area contributed by atoms with Crippen molar-refractivity contribution in [1.82, 2.24) is 15.1 Å². The summed E-state index contributed by atoms with van der Waals surface area (Å²) in [7, 11) is 1.64. The Labute approximate surface area is 164 Å². The van der Waals surface area contributed by atoms with Crippen molar-refractivity contribution in [3.05, 3.63) is 22.4 Å². The average molecular weight is 392 g/mol. The molecule has 1 aliphatic heterocycles. The lowest BCUT2D eigenvalue weighted by atomic mass is 9.86. The van der Waals surface area contributed by atoms with E-state index < -0.39 is 0 Å². The van der Waals surface area contributed by atoms with E-state index in [-0.39, 0.29) is 42.6 Å². The highest BCUT2D eigenvalue weighted by atomic mass is 32.1. The van der Waals surface area contributed by atoms with E-state index in [9.17, 15) is 14.4 Å². The zero-order valence-electron chi connectivity index (χ0n) is 16.1. The minimum atomic E-state index is -0.327. The van der Waals surface area contributed by atoms with E-state index >= 15 is 0 Å². The second kappa shape index (κ2) is 8.87. The summed E-state index contributed by atoms with van der Waals surface area (Å²) in [5.41, 5.74) is 0. The third kappa shape index (κ3) is 5.09. The molecule has 148 valence electrons. The van der Waals surface area contributed by atoms with Crippen LogP contribution in [0.4, 0.5) is 0 Å². The standard InChI is InChI=1S/C20H29N3O3S/c1-14-5-7-16(8-6-14)23-12-15(10-19(23)25)20(26)22(2)13-18(24)21-11-17-4-3-9-27-17/h3-4,9,14-16H,5-8,10-13H2,1-2H3,(H,21,24)/t14?,15-,16?/m0/s1. The lowest BCUT2D eigenvalue weighted by Crippen LogP contribution is -2.42. The summed E-state index contributed by atoms with van der Waals surface area (Å²) in [4.78, 5) is 41.7. The zero-order chi connectivity index (χ0) is 19.4. The molecule has 1 N–H and O–H groups in total. The van der Waals surface area contributed by atoms with E-state index in [1.165, 1.54) is 4.90 Å². The van der Waals surface area contributed by atoms with Gasteiger partial charge in [-0.15, -0.1) is 11.3 Å². The van der Waals surface area contributed by atoms with E-state index in [1.807, 2.05) is 22.4 Å². The third-order valence-corrected chi connectivity index (χ3v) is 6.61. The molecule has 2 fully saturated rings. The third-order valence-electron chi connectivity index (χ3n) is 5.73. The Kier molecular flexibility index (Phi) is 6.52. The summed E-state index contributed by atoms with van der Waals surface area (Å²) in [6, 6.07) is 4.19. The van der Waals surface area contributed by atoms with Gasteiger partial charge in [-0.05, 0) is 43.0 Å². The Hall–Kier alpha value is -1.89. The first kappa shape index (κ1) is 19.9. The minimum absolute atomic E-state index is 0.0237. The van der Waals surface area contributed by atoms with E-state index in [2.05, 4.69) is 12.2 Å². The number of amides is 3. The largest absolute Gasteiger partial charge is 0.350 e. The summed E-state index contributed by atoms with van der Waals surface area (Å²) in [5, 5.41) is 4.80. The predicted octanol–water partition coefficient (Wildman–Crippen LogP) is 2.25. The van der Waals surface area contributed by atoms with E-state index in [0.29, 0.717) is 13.1 Å². The first-order valence-electron chi connectivity index (χ1n) is 9.77. The number of nitrogens with one attached hydrogen (secondary N) is 1. The van der Waals surface area contributed by atoms with Crippen LogP contribution in [0.1, 0.15) is 43.9 Å². The highest BCUT2D eigenvalue weighted by Crippen LogP contribution is 2.31. The molecule has 0 radical (unpaired) electrons. The fourth-order valence-electron chi connectivity index (χ4n) is 4.06. The van der Waals surface area contributed by atoms with E-state index in [0.717, 1.165) is 36.5 Å². The lowest BCUT2D eigenvalue weighted by molar-refractivity contribution is -0.138. The molecule has 1 saturated heterocycles. The zero-order valence-corrected chi connectivity index (χ0v) is 17.0. The quantitative estimate of drug-likeness (QED) is 0.809. The molecule has 3 rings (SSSR count). The minimum Gasteiger partial charge on any atom is -0.350 e. The monoisotopic (exact) mass is 391 g/mol. The molecule has 0 aromatic carbocycles. The molecule has 3 amide bonds. The number of rotatable bonds is 6. The van der Waals surface area contributed by atoms with Gasteiger partial charge >= 0.3 is 0 Å². The Morgan fingerprint density at radius 2 is 2.04 bits per heavy atom. The topological polar surface area (TPSA) is 69.7 Å². The van der Waals surface area contributed by atoms with Gasteiger partial charge in [0.2, 0.25) is 17.7 Å². The molecule has 2 heterocycles. The Bertz CT molecular complexity index is 668. The average Bonchev–Trinajstić information content (AvgIpc) is 3.29. The van der Waals surface area contributed by atoms with Crippen molar-refractivity contribution in [3.8, 4) is 0 Å². The van der Waals surface area contributed by atoms with Crippen LogP contribution in [-0.4, -0.2) is 53.7 Å². The summed E-state index contributed by atoms with van der Waals surface area (Å²) < 4.78 is 0. The maximum absolute atomic E-state index is 12.7. The second-order valence-electron chi connectivity index (χ2n) is 7.91. The lowest BCUT2D eigenvalue weighted by Gasteiger charge is -2.33. The van der Waals surface area contributed by atoms with Crippen LogP contribution in [0.2, 0.25) is 0 Å². The molecule has 1 aliphatic carbocycles. The molecule has 1 saturated carbocycles. The number of thiophene rings is 1. The van der Waals surface area contributed by atoms with Crippen LogP contribution < -0.4 is 5.32 Å². The maximum atomic E-state index is 12.7. The Morgan fingerprint density at radius 1 is 1.30 bits per heavy atom. The molecule has 7 heteroatoms. The van der Waals surface area contributed by atoms with Crippen molar-refractivity contribution in [2.45, 2.75) is 51.6 Å². The molecule has 1 aromatic heterocycles. The predicted molar refractivity (Wildman–Crippen MR) is 105 cm³/mol. The number of likely N-dealkylation sites (tertiary alicyclic amines) is 1. The Balaban J connectivity index is 1.46. The van der Waals surface area contributed by atoms with Crippen LogP contribution in [0.5, 0.6) is 0 Å². The van der Waals surface area contributed by atoms with Crippen LogP contribution >= 0.6 is 11.3 Å². The SMILES string of the molecule is CC1CCC(N2C[C@@H](C(=O)N(C)CC(=O)NCc3cccs3)CC2=O)CC1. The molecule has 0 bridgehead atoms. The van der Waals surface area contributed by atoms with Crippen molar-refractivity contribution in [3.63, 3.8) is 0 Å². The van der Waals surface area contributed by atoms with Gasteiger partial charge in [0.05, 0.1) is 19.0 Å². The van der Waals surface area contributed by atoms with Crippen LogP contribution in [0, 0.1) is 11.8 Å². The van der Waals surface area contributed by atoms with Crippen LogP contribution in [0.15, 0.2) is 17.5 Å². The number of carbonyl (C=O) groups excluding carboxylic acids is 3. The number of carbonyl (C=O) groups is 3. The highest BCUT2D eigenvalue weighted by molar-refractivity contribution is 7.09. The van der Waals surface area contributed by atoms with Gasteiger partial charge < -0.3 is 15.1 Å². The van der Waals surface area contributed by atoms with Gasteiger partial charge in [-0.2, -0.15) is 0 Å². The highest BCUT2D eigenvalue weighted by Gasteiger charge is 2.39. The van der Waals surface area contributed by atoms with E-state index in [4.69, 9.17) is 0 Å². The second-order valence-corrected chi connectivity index (χ2v) is 8.94. The van der Waals surface area contributed by atoms with Gasteiger partial charge in [-0.1, -0.05) is 13.0 Å². The number of likely N-dealkylation sites (N-methyl/N-ethyl adjacent to an activating group) is 1.